The minimum Gasteiger partial charge on any atom is -0.493 e. The Hall–Kier alpha value is -2.63. The van der Waals surface area contributed by atoms with Gasteiger partial charge in [0.15, 0.2) is 0 Å². The van der Waals surface area contributed by atoms with Crippen molar-refractivity contribution < 1.29 is 14.1 Å². The van der Waals surface area contributed by atoms with Gasteiger partial charge in [0.2, 0.25) is 0 Å². The van der Waals surface area contributed by atoms with E-state index < -0.39 is 10.7 Å². The SMILES string of the molecule is O=[N+]([O-])c1cc(F)cc(NC2CCOc3ccccc32)c1. The number of hydrogen-bond donors (Lipinski definition) is 1. The summed E-state index contributed by atoms with van der Waals surface area (Å²) in [6.45, 7) is 0.548. The molecule has 3 rings (SSSR count). The summed E-state index contributed by atoms with van der Waals surface area (Å²) in [6, 6.07) is 11.0. The first-order valence-corrected chi connectivity index (χ1v) is 6.57. The highest BCUT2D eigenvalue weighted by Gasteiger charge is 2.21. The van der Waals surface area contributed by atoms with Gasteiger partial charge in [-0.1, -0.05) is 18.2 Å². The normalized spacial score (nSPS) is 16.7. The number of anilines is 1. The highest BCUT2D eigenvalue weighted by molar-refractivity contribution is 5.54. The van der Waals surface area contributed by atoms with Gasteiger partial charge in [-0.3, -0.25) is 10.1 Å². The third-order valence-corrected chi connectivity index (χ3v) is 3.39. The number of nitro benzene ring substituents is 1. The number of halogens is 1. The number of ether oxygens (including phenoxy) is 1. The lowest BCUT2D eigenvalue weighted by Crippen LogP contribution is -2.20. The van der Waals surface area contributed by atoms with Crippen molar-refractivity contribution in [3.05, 3.63) is 64.0 Å². The van der Waals surface area contributed by atoms with Crippen LogP contribution in [0.15, 0.2) is 42.5 Å². The first-order valence-electron chi connectivity index (χ1n) is 6.57. The van der Waals surface area contributed by atoms with Crippen LogP contribution in [0.1, 0.15) is 18.0 Å². The molecule has 0 spiro atoms. The number of nitrogens with one attached hydrogen (secondary N) is 1. The molecule has 1 atom stereocenters. The van der Waals surface area contributed by atoms with E-state index in [0.717, 1.165) is 17.4 Å². The zero-order valence-electron chi connectivity index (χ0n) is 11.1. The zero-order chi connectivity index (χ0) is 14.8. The van der Waals surface area contributed by atoms with Crippen LogP contribution >= 0.6 is 0 Å². The van der Waals surface area contributed by atoms with Gasteiger partial charge < -0.3 is 10.1 Å². The Morgan fingerprint density at radius 3 is 2.90 bits per heavy atom. The predicted molar refractivity (Wildman–Crippen MR) is 76.0 cm³/mol. The van der Waals surface area contributed by atoms with Crippen LogP contribution in [0.25, 0.3) is 0 Å². The first-order chi connectivity index (χ1) is 10.1. The molecule has 1 unspecified atom stereocenters. The zero-order valence-corrected chi connectivity index (χ0v) is 11.1. The van der Waals surface area contributed by atoms with E-state index in [9.17, 15) is 14.5 Å². The van der Waals surface area contributed by atoms with Crippen LogP contribution < -0.4 is 10.1 Å². The fourth-order valence-electron chi connectivity index (χ4n) is 2.46. The monoisotopic (exact) mass is 288 g/mol. The Bertz CT molecular complexity index is 690. The van der Waals surface area contributed by atoms with E-state index in [1.54, 1.807) is 0 Å². The molecule has 0 aromatic heterocycles. The number of fused-ring (bicyclic) bond motifs is 1. The molecule has 0 saturated heterocycles. The van der Waals surface area contributed by atoms with Crippen LogP contribution in [0, 0.1) is 15.9 Å². The molecule has 1 aliphatic rings. The van der Waals surface area contributed by atoms with Gasteiger partial charge in [0, 0.05) is 23.7 Å². The number of nitrogens with zero attached hydrogens (tertiary/aromatic N) is 1. The molecule has 0 radical (unpaired) electrons. The maximum Gasteiger partial charge on any atom is 0.274 e. The second-order valence-corrected chi connectivity index (χ2v) is 4.83. The van der Waals surface area contributed by atoms with Crippen LogP contribution in [-0.4, -0.2) is 11.5 Å². The molecule has 5 nitrogen and oxygen atoms in total. The number of non-ortho nitro benzene ring substituents is 1. The topological polar surface area (TPSA) is 64.4 Å². The average Bonchev–Trinajstić information content (AvgIpc) is 2.47. The molecule has 0 aliphatic carbocycles. The number of para-hydroxylation sites is 1. The van der Waals surface area contributed by atoms with Crippen molar-refractivity contribution in [1.29, 1.82) is 0 Å². The van der Waals surface area contributed by atoms with Gasteiger partial charge in [-0.15, -0.1) is 0 Å². The lowest BCUT2D eigenvalue weighted by atomic mass is 10.0. The fourth-order valence-corrected chi connectivity index (χ4v) is 2.46. The third-order valence-electron chi connectivity index (χ3n) is 3.39. The molecule has 2 aromatic rings. The van der Waals surface area contributed by atoms with E-state index in [4.69, 9.17) is 4.74 Å². The van der Waals surface area contributed by atoms with Crippen molar-refractivity contribution in [2.75, 3.05) is 11.9 Å². The molecule has 1 aliphatic heterocycles. The molecule has 108 valence electrons. The van der Waals surface area contributed by atoms with E-state index in [0.29, 0.717) is 18.7 Å². The lowest BCUT2D eigenvalue weighted by Gasteiger charge is -2.27. The molecule has 6 heteroatoms. The Morgan fingerprint density at radius 1 is 1.29 bits per heavy atom. The van der Waals surface area contributed by atoms with Crippen LogP contribution in [-0.2, 0) is 0 Å². The van der Waals surface area contributed by atoms with E-state index in [1.807, 2.05) is 24.3 Å². The first kappa shape index (κ1) is 13.4. The van der Waals surface area contributed by atoms with Gasteiger partial charge in [-0.2, -0.15) is 0 Å². The van der Waals surface area contributed by atoms with Gasteiger partial charge >= 0.3 is 0 Å². The molecular weight excluding hydrogens is 275 g/mol. The lowest BCUT2D eigenvalue weighted by molar-refractivity contribution is -0.385. The van der Waals surface area contributed by atoms with Gasteiger partial charge in [0.05, 0.1) is 23.6 Å². The van der Waals surface area contributed by atoms with Crippen molar-refractivity contribution >= 4 is 11.4 Å². The maximum atomic E-state index is 13.5. The van der Waals surface area contributed by atoms with Crippen molar-refractivity contribution in [2.45, 2.75) is 12.5 Å². The summed E-state index contributed by atoms with van der Waals surface area (Å²) in [7, 11) is 0. The highest BCUT2D eigenvalue weighted by atomic mass is 19.1. The third kappa shape index (κ3) is 2.79. The van der Waals surface area contributed by atoms with Gasteiger partial charge in [-0.25, -0.2) is 4.39 Å². The van der Waals surface area contributed by atoms with E-state index in [-0.39, 0.29) is 11.7 Å². The Labute approximate surface area is 120 Å². The molecule has 21 heavy (non-hydrogen) atoms. The van der Waals surface area contributed by atoms with Gasteiger partial charge in [0.1, 0.15) is 11.6 Å². The predicted octanol–water partition coefficient (Wildman–Crippen LogP) is 3.67. The molecule has 0 amide bonds. The van der Waals surface area contributed by atoms with Crippen molar-refractivity contribution in [3.63, 3.8) is 0 Å². The molecule has 0 saturated carbocycles. The van der Waals surface area contributed by atoms with Crippen molar-refractivity contribution in [2.24, 2.45) is 0 Å². The van der Waals surface area contributed by atoms with Crippen LogP contribution in [0.2, 0.25) is 0 Å². The van der Waals surface area contributed by atoms with Crippen LogP contribution in [0.5, 0.6) is 5.75 Å². The van der Waals surface area contributed by atoms with E-state index in [1.165, 1.54) is 12.1 Å². The number of rotatable bonds is 3. The largest absolute Gasteiger partial charge is 0.493 e. The number of hydrogen-bond acceptors (Lipinski definition) is 4. The Kier molecular flexibility index (Phi) is 3.43. The van der Waals surface area contributed by atoms with E-state index >= 15 is 0 Å². The Balaban J connectivity index is 1.90. The standard InChI is InChI=1S/C15H13FN2O3/c16-10-7-11(9-12(8-10)18(19)20)17-14-5-6-21-15-4-2-1-3-13(14)15/h1-4,7-9,14,17H,5-6H2. The quantitative estimate of drug-likeness (QED) is 0.691. The molecule has 1 N–H and O–H groups in total. The summed E-state index contributed by atoms with van der Waals surface area (Å²) < 4.78 is 19.0. The summed E-state index contributed by atoms with van der Waals surface area (Å²) in [6.07, 6.45) is 0.710. The van der Waals surface area contributed by atoms with E-state index in [2.05, 4.69) is 5.32 Å². The van der Waals surface area contributed by atoms with Gasteiger partial charge in [-0.05, 0) is 12.1 Å². The average molecular weight is 288 g/mol. The summed E-state index contributed by atoms with van der Waals surface area (Å²) >= 11 is 0. The molecular formula is C15H13FN2O3. The molecule has 1 heterocycles. The Morgan fingerprint density at radius 2 is 2.10 bits per heavy atom. The van der Waals surface area contributed by atoms with Crippen molar-refractivity contribution in [1.82, 2.24) is 0 Å². The maximum absolute atomic E-state index is 13.5. The minimum atomic E-state index is -0.632. The summed E-state index contributed by atoms with van der Waals surface area (Å²) in [4.78, 5) is 10.2. The number of nitro groups is 1. The molecule has 0 bridgehead atoms. The summed E-state index contributed by atoms with van der Waals surface area (Å²) in [5, 5.41) is 13.9. The van der Waals surface area contributed by atoms with Crippen LogP contribution in [0.3, 0.4) is 0 Å². The number of benzene rings is 2. The summed E-state index contributed by atoms with van der Waals surface area (Å²) in [5.74, 6) is 0.152. The van der Waals surface area contributed by atoms with Crippen LogP contribution in [0.4, 0.5) is 15.8 Å². The summed E-state index contributed by atoms with van der Waals surface area (Å²) in [5.41, 5.74) is 1.09. The van der Waals surface area contributed by atoms with Crippen molar-refractivity contribution in [3.8, 4) is 5.75 Å². The molecule has 0 fully saturated rings. The smallest absolute Gasteiger partial charge is 0.274 e. The second kappa shape index (κ2) is 5.40. The fraction of sp³-hybridized carbons (Fsp3) is 0.200. The minimum absolute atomic E-state index is 0.0589. The second-order valence-electron chi connectivity index (χ2n) is 4.83. The van der Waals surface area contributed by atoms with Gasteiger partial charge in [0.25, 0.3) is 5.69 Å². The molecule has 2 aromatic carbocycles. The highest BCUT2D eigenvalue weighted by Crippen LogP contribution is 2.34.